The van der Waals surface area contributed by atoms with Gasteiger partial charge in [-0.15, -0.1) is 0 Å². The van der Waals surface area contributed by atoms with Gasteiger partial charge in [-0.2, -0.15) is 0 Å². The molecule has 0 saturated heterocycles. The van der Waals surface area contributed by atoms with Crippen LogP contribution in [0.25, 0.3) is 0 Å². The zero-order valence-electron chi connectivity index (χ0n) is 79.2. The van der Waals surface area contributed by atoms with Gasteiger partial charge in [0.2, 0.25) is 0 Å². The third kappa shape index (κ3) is 50.2. The van der Waals surface area contributed by atoms with Crippen molar-refractivity contribution in [2.75, 3.05) is 0 Å². The molecule has 0 aliphatic rings. The zero-order chi connectivity index (χ0) is 91.4. The largest absolute Gasteiger partial charge is 0.507 e. The fourth-order valence-corrected chi connectivity index (χ4v) is 14.9. The number of phenolic OH excluding ortho intramolecular Hbond substituents is 6. The van der Waals surface area contributed by atoms with Crippen molar-refractivity contribution in [3.8, 4) is 34.5 Å². The van der Waals surface area contributed by atoms with E-state index in [1.165, 1.54) is 303 Å². The molecule has 12 N–H and O–H groups in total. The van der Waals surface area contributed by atoms with E-state index in [-0.39, 0.29) is 41.9 Å². The first-order valence-electron chi connectivity index (χ1n) is 47.4. The number of unbranched alkanes of at least 4 members (excludes halogenated alkanes) is 36. The fourth-order valence-electron chi connectivity index (χ4n) is 14.9. The number of rotatable bonds is 54. The monoisotopic (exact) mass is 1720 g/mol. The summed E-state index contributed by atoms with van der Waals surface area (Å²) in [6, 6.07) is 28.5. The number of hydrogen-bond donors (Lipinski definition) is 12. The SMILES string of the molecule is C.CCCCCCCCCc1cc(C)c(O)c(/C(C)=N\O)c1.CCCCCCCCCc1cc(C)c(O)c(/C(C)=N\O)c1.CCCCCCCCCc1cc(C)c(O)c(/C(C)=N\O)c1.CCCCCCCCCc1ccc(O)c(/C(C)=N\O)c1.CCCCCCCCCc1ccc(O)c(/C(C)=N\O)c1.CCCCCCCCCc1ccc(O)c(/C(C)=N\O)c1. The van der Waals surface area contributed by atoms with E-state index in [1.807, 2.05) is 93.6 Å². The first-order chi connectivity index (χ1) is 59.3. The Morgan fingerprint density at radius 2 is 0.347 bits per heavy atom. The van der Waals surface area contributed by atoms with Crippen molar-refractivity contribution in [1.82, 2.24) is 0 Å². The second kappa shape index (κ2) is 73.2. The Morgan fingerprint density at radius 3 is 0.516 bits per heavy atom. The van der Waals surface area contributed by atoms with Crippen LogP contribution in [0.3, 0.4) is 0 Å². The van der Waals surface area contributed by atoms with Gasteiger partial charge in [0.05, 0.1) is 34.3 Å². The Labute approximate surface area is 751 Å². The van der Waals surface area contributed by atoms with Crippen LogP contribution in [0.2, 0.25) is 0 Å². The summed E-state index contributed by atoms with van der Waals surface area (Å²) in [5, 5.41) is 131. The highest BCUT2D eigenvalue weighted by Crippen LogP contribution is 2.31. The van der Waals surface area contributed by atoms with Gasteiger partial charge in [-0.1, -0.05) is 347 Å². The molecule has 0 saturated carbocycles. The van der Waals surface area contributed by atoms with Crippen LogP contribution in [-0.2, 0) is 38.5 Å². The van der Waals surface area contributed by atoms with Crippen molar-refractivity contribution in [2.45, 2.75) is 419 Å². The van der Waals surface area contributed by atoms with E-state index < -0.39 is 0 Å². The van der Waals surface area contributed by atoms with E-state index in [1.54, 1.807) is 59.7 Å². The quantitative estimate of drug-likeness (QED) is 0.00734. The molecule has 0 radical (unpaired) electrons. The summed E-state index contributed by atoms with van der Waals surface area (Å²) in [7, 11) is 0. The molecule has 6 aromatic carbocycles. The number of aromatic hydroxyl groups is 6. The highest BCUT2D eigenvalue weighted by Gasteiger charge is 2.16. The Bertz CT molecular complexity index is 3590. The normalized spacial score (nSPS) is 11.7. The van der Waals surface area contributed by atoms with E-state index in [0.717, 1.165) is 55.2 Å². The average Bonchev–Trinajstić information content (AvgIpc) is 0.837. The molecule has 0 aromatic heterocycles. The van der Waals surface area contributed by atoms with Crippen molar-refractivity contribution in [3.05, 3.63) is 174 Å². The van der Waals surface area contributed by atoms with Gasteiger partial charge in [0.15, 0.2) is 0 Å². The molecule has 0 atom stereocenters. The van der Waals surface area contributed by atoms with E-state index in [9.17, 15) is 30.6 Å². The molecule has 6 aromatic rings. The van der Waals surface area contributed by atoms with Gasteiger partial charge in [0, 0.05) is 33.4 Å². The maximum Gasteiger partial charge on any atom is 0.127 e. The summed E-state index contributed by atoms with van der Waals surface area (Å²) < 4.78 is 0. The van der Waals surface area contributed by atoms with Crippen molar-refractivity contribution < 1.29 is 61.9 Å². The minimum absolute atomic E-state index is 0. The maximum absolute atomic E-state index is 10.0. The van der Waals surface area contributed by atoms with E-state index in [4.69, 9.17) is 31.2 Å². The minimum atomic E-state index is 0. The third-order valence-corrected chi connectivity index (χ3v) is 22.9. The number of benzene rings is 6. The zero-order valence-corrected chi connectivity index (χ0v) is 79.2. The van der Waals surface area contributed by atoms with Crippen LogP contribution in [-0.4, -0.2) is 96.2 Å². The van der Waals surface area contributed by atoms with Gasteiger partial charge >= 0.3 is 0 Å². The Balaban J connectivity index is 0.00000146. The summed E-state index contributed by atoms with van der Waals surface area (Å²) in [6.45, 7) is 29.2. The topological polar surface area (TPSA) is 317 Å². The highest BCUT2D eigenvalue weighted by atomic mass is 16.4. The first-order valence-corrected chi connectivity index (χ1v) is 47.4. The van der Waals surface area contributed by atoms with Crippen LogP contribution in [0.1, 0.15) is 444 Å². The molecule has 0 fully saturated rings. The second-order valence-corrected chi connectivity index (χ2v) is 33.8. The van der Waals surface area contributed by atoms with Crippen LogP contribution in [0.5, 0.6) is 34.5 Å². The lowest BCUT2D eigenvalue weighted by atomic mass is 9.98. The molecule has 0 bridgehead atoms. The molecule has 0 aliphatic heterocycles. The molecule has 698 valence electrons. The number of hydrogen-bond acceptors (Lipinski definition) is 18. The number of oxime groups is 6. The van der Waals surface area contributed by atoms with Crippen LogP contribution in [0.15, 0.2) is 122 Å². The van der Waals surface area contributed by atoms with Crippen molar-refractivity contribution in [2.24, 2.45) is 30.9 Å². The summed E-state index contributed by atoms with van der Waals surface area (Å²) in [5.74, 6) is 1.16. The predicted octanol–water partition coefficient (Wildman–Crippen LogP) is 30.9. The van der Waals surface area contributed by atoms with E-state index in [0.29, 0.717) is 67.7 Å². The van der Waals surface area contributed by atoms with E-state index >= 15 is 0 Å². The Morgan fingerprint density at radius 1 is 0.202 bits per heavy atom. The third-order valence-electron chi connectivity index (χ3n) is 22.9. The van der Waals surface area contributed by atoms with E-state index in [2.05, 4.69) is 72.5 Å². The molecule has 0 amide bonds. The molecule has 0 spiro atoms. The van der Waals surface area contributed by atoms with Crippen molar-refractivity contribution in [3.63, 3.8) is 0 Å². The van der Waals surface area contributed by atoms with Crippen LogP contribution in [0, 0.1) is 20.8 Å². The van der Waals surface area contributed by atoms with Crippen molar-refractivity contribution in [1.29, 1.82) is 0 Å². The predicted molar refractivity (Wildman–Crippen MR) is 524 cm³/mol. The minimum Gasteiger partial charge on any atom is -0.507 e. The molecule has 6 rings (SSSR count). The van der Waals surface area contributed by atoms with Crippen LogP contribution >= 0.6 is 0 Å². The molecule has 124 heavy (non-hydrogen) atoms. The fraction of sp³-hybridized carbons (Fsp3) is 0.604. The van der Waals surface area contributed by atoms with Gasteiger partial charge in [0.25, 0.3) is 0 Å². The lowest BCUT2D eigenvalue weighted by Gasteiger charge is -2.10. The maximum atomic E-state index is 10.0. The van der Waals surface area contributed by atoms with Gasteiger partial charge in [-0.3, -0.25) is 0 Å². The smallest absolute Gasteiger partial charge is 0.127 e. The molecule has 18 nitrogen and oxygen atoms in total. The van der Waals surface area contributed by atoms with Crippen LogP contribution < -0.4 is 0 Å². The lowest BCUT2D eigenvalue weighted by molar-refractivity contribution is 0.318. The van der Waals surface area contributed by atoms with Gasteiger partial charge in [-0.25, -0.2) is 0 Å². The Hall–Kier alpha value is -9.06. The standard InChI is InChI=1S/3C18H29NO2.3C17H27NO2.CH4/c3*1-4-5-6-7-8-9-10-11-16-12-14(2)18(20)17(13-16)15(3)19-21;3*1-3-4-5-6-7-8-9-10-15-11-12-17(19)16(13-15)14(2)18-20;/h3*12-13,20-21H,4-11H2,1-3H3;3*11-13,19-20H,3-10H2,1-2H3;1H4/b3*19-15-;3*18-14-;. The second-order valence-electron chi connectivity index (χ2n) is 33.8. The number of phenols is 6. The average molecular weight is 1720 g/mol. The van der Waals surface area contributed by atoms with Crippen molar-refractivity contribution >= 4 is 34.3 Å². The molecule has 18 heteroatoms. The molecule has 0 aliphatic carbocycles. The van der Waals surface area contributed by atoms with Gasteiger partial charge in [0.1, 0.15) is 34.5 Å². The molecule has 0 unspecified atom stereocenters. The highest BCUT2D eigenvalue weighted by molar-refractivity contribution is 6.04. The molecule has 0 heterocycles. The summed E-state index contributed by atoms with van der Waals surface area (Å²) in [5.41, 5.74) is 16.2. The first kappa shape index (κ1) is 115. The Kier molecular flexibility index (Phi) is 67.8. The number of nitrogens with zero attached hydrogens (tertiary/aromatic N) is 6. The summed E-state index contributed by atoms with van der Waals surface area (Å²) in [4.78, 5) is 0. The molecular formula is C106H172N6O12. The lowest BCUT2D eigenvalue weighted by Crippen LogP contribution is -1.99. The summed E-state index contributed by atoms with van der Waals surface area (Å²) >= 11 is 0. The van der Waals surface area contributed by atoms with Crippen LogP contribution in [0.4, 0.5) is 0 Å². The van der Waals surface area contributed by atoms with Gasteiger partial charge < -0.3 is 61.9 Å². The summed E-state index contributed by atoms with van der Waals surface area (Å²) in [6.07, 6.45) is 60.5. The number of aryl methyl sites for hydroxylation is 9. The molecular weight excluding hydrogens is 1550 g/mol. The van der Waals surface area contributed by atoms with Gasteiger partial charge in [-0.05, 0) is 244 Å².